The first-order valence-electron chi connectivity index (χ1n) is 7.89. The average molecular weight is 328 g/mol. The third kappa shape index (κ3) is 4.42. The van der Waals surface area contributed by atoms with E-state index in [1.54, 1.807) is 6.08 Å². The molecule has 2 amide bonds. The molecule has 23 heavy (non-hydrogen) atoms. The van der Waals surface area contributed by atoms with Crippen LogP contribution >= 0.6 is 0 Å². The number of urea groups is 1. The number of ether oxygens (including phenoxy) is 2. The van der Waals surface area contributed by atoms with Gasteiger partial charge >= 0.3 is 6.03 Å². The highest BCUT2D eigenvalue weighted by molar-refractivity contribution is 5.74. The minimum atomic E-state index is -0.761. The molecule has 8 heteroatoms. The summed E-state index contributed by atoms with van der Waals surface area (Å²) < 4.78 is 11.5. The van der Waals surface area contributed by atoms with Crippen molar-refractivity contribution in [3.8, 4) is 0 Å². The number of carbonyl (C=O) groups excluding carboxylic acids is 1. The van der Waals surface area contributed by atoms with Crippen molar-refractivity contribution in [3.05, 3.63) is 12.7 Å². The van der Waals surface area contributed by atoms with Crippen molar-refractivity contribution >= 4 is 6.03 Å². The number of hydrogen-bond acceptors (Lipinski definition) is 6. The van der Waals surface area contributed by atoms with Gasteiger partial charge in [0, 0.05) is 19.6 Å². The Morgan fingerprint density at radius 2 is 2.13 bits per heavy atom. The first kappa shape index (κ1) is 18.2. The van der Waals surface area contributed by atoms with Crippen LogP contribution in [0.5, 0.6) is 0 Å². The number of nitrogens with zero attached hydrogens (tertiary/aromatic N) is 2. The van der Waals surface area contributed by atoms with E-state index in [4.69, 9.17) is 9.47 Å². The Balaban J connectivity index is 2.00. The number of aliphatic hydroxyl groups is 1. The Hall–Kier alpha value is -1.19. The summed E-state index contributed by atoms with van der Waals surface area (Å²) >= 11 is 0. The molecule has 8 nitrogen and oxygen atoms in total. The molecule has 0 saturated carbocycles. The van der Waals surface area contributed by atoms with Gasteiger partial charge in [-0.1, -0.05) is 6.08 Å². The van der Waals surface area contributed by atoms with Gasteiger partial charge in [-0.25, -0.2) is 4.79 Å². The summed E-state index contributed by atoms with van der Waals surface area (Å²) in [6, 6.07) is -1.18. The number of carbonyl (C=O) groups is 1. The van der Waals surface area contributed by atoms with Crippen LogP contribution in [0.4, 0.5) is 4.79 Å². The highest BCUT2D eigenvalue weighted by Crippen LogP contribution is 2.30. The van der Waals surface area contributed by atoms with Crippen LogP contribution in [0.25, 0.3) is 0 Å². The van der Waals surface area contributed by atoms with Gasteiger partial charge < -0.3 is 30.1 Å². The topological polar surface area (TPSA) is 86.3 Å². The van der Waals surface area contributed by atoms with E-state index in [-0.39, 0.29) is 18.2 Å². The van der Waals surface area contributed by atoms with Crippen molar-refractivity contribution in [3.63, 3.8) is 0 Å². The highest BCUT2D eigenvalue weighted by Gasteiger charge is 2.51. The minimum absolute atomic E-state index is 0.321. The second-order valence-corrected chi connectivity index (χ2v) is 6.31. The van der Waals surface area contributed by atoms with Crippen LogP contribution in [0.15, 0.2) is 12.7 Å². The molecule has 2 aliphatic heterocycles. The van der Waals surface area contributed by atoms with Crippen molar-refractivity contribution in [1.29, 1.82) is 0 Å². The molecule has 0 aliphatic carbocycles. The molecule has 0 unspecified atom stereocenters. The largest absolute Gasteiger partial charge is 0.389 e. The van der Waals surface area contributed by atoms with E-state index in [0.717, 1.165) is 13.1 Å². The maximum Gasteiger partial charge on any atom is 0.315 e. The summed E-state index contributed by atoms with van der Waals surface area (Å²) in [5.74, 6) is 0. The van der Waals surface area contributed by atoms with Gasteiger partial charge in [-0.05, 0) is 21.1 Å². The SMILES string of the molecule is C=CCNC(=O)N[C@H]1[C@H](O)[C@@H](N(C)CCN(C)C)[C@@H]2OC[C@H]1O2. The molecule has 2 saturated heterocycles. The molecule has 2 bridgehead atoms. The summed E-state index contributed by atoms with van der Waals surface area (Å²) in [4.78, 5) is 16.0. The first-order chi connectivity index (χ1) is 10.9. The molecule has 0 aromatic heterocycles. The summed E-state index contributed by atoms with van der Waals surface area (Å²) in [7, 11) is 5.92. The van der Waals surface area contributed by atoms with Gasteiger partial charge in [0.05, 0.1) is 24.8 Å². The van der Waals surface area contributed by atoms with Crippen LogP contribution in [0, 0.1) is 0 Å². The number of aliphatic hydroxyl groups excluding tert-OH is 1. The molecule has 5 atom stereocenters. The van der Waals surface area contributed by atoms with E-state index in [1.165, 1.54) is 0 Å². The zero-order valence-corrected chi connectivity index (χ0v) is 14.1. The number of amides is 2. The zero-order valence-electron chi connectivity index (χ0n) is 14.1. The van der Waals surface area contributed by atoms with Crippen molar-refractivity contribution in [2.75, 3.05) is 47.4 Å². The normalized spacial score (nSPS) is 33.0. The summed E-state index contributed by atoms with van der Waals surface area (Å²) in [6.07, 6.45) is 0.0437. The van der Waals surface area contributed by atoms with Crippen molar-refractivity contribution < 1.29 is 19.4 Å². The van der Waals surface area contributed by atoms with Crippen LogP contribution in [-0.4, -0.2) is 98.9 Å². The third-order valence-electron chi connectivity index (χ3n) is 4.24. The van der Waals surface area contributed by atoms with Crippen LogP contribution in [0.2, 0.25) is 0 Å². The van der Waals surface area contributed by atoms with E-state index in [1.807, 2.05) is 26.0 Å². The highest BCUT2D eigenvalue weighted by atomic mass is 16.7. The van der Waals surface area contributed by atoms with Gasteiger partial charge in [0.1, 0.15) is 6.10 Å². The van der Waals surface area contributed by atoms with Gasteiger partial charge in [0.15, 0.2) is 6.29 Å². The summed E-state index contributed by atoms with van der Waals surface area (Å²) in [5, 5.41) is 16.2. The monoisotopic (exact) mass is 328 g/mol. The van der Waals surface area contributed by atoms with Crippen LogP contribution < -0.4 is 10.6 Å². The number of hydrogen-bond donors (Lipinski definition) is 3. The van der Waals surface area contributed by atoms with Gasteiger partial charge in [-0.3, -0.25) is 4.90 Å². The lowest BCUT2D eigenvalue weighted by molar-refractivity contribution is -0.177. The lowest BCUT2D eigenvalue weighted by Crippen LogP contribution is -2.65. The van der Waals surface area contributed by atoms with E-state index in [9.17, 15) is 9.90 Å². The molecule has 0 radical (unpaired) electrons. The second-order valence-electron chi connectivity index (χ2n) is 6.31. The van der Waals surface area contributed by atoms with Crippen LogP contribution in [0.1, 0.15) is 0 Å². The summed E-state index contributed by atoms with van der Waals surface area (Å²) in [6.45, 7) is 5.91. The smallest absolute Gasteiger partial charge is 0.315 e. The van der Waals surface area contributed by atoms with Crippen molar-refractivity contribution in [2.45, 2.75) is 30.6 Å². The second kappa shape index (κ2) is 8.07. The van der Waals surface area contributed by atoms with Crippen molar-refractivity contribution in [2.24, 2.45) is 0 Å². The molecule has 0 spiro atoms. The Morgan fingerprint density at radius 3 is 2.78 bits per heavy atom. The summed E-state index contributed by atoms with van der Waals surface area (Å²) in [5.41, 5.74) is 0. The van der Waals surface area contributed by atoms with E-state index in [2.05, 4.69) is 22.1 Å². The number of nitrogens with one attached hydrogen (secondary N) is 2. The average Bonchev–Trinajstić information content (AvgIpc) is 2.92. The third-order valence-corrected chi connectivity index (χ3v) is 4.24. The predicted octanol–water partition coefficient (Wildman–Crippen LogP) is -1.18. The molecule has 2 rings (SSSR count). The Morgan fingerprint density at radius 1 is 1.39 bits per heavy atom. The maximum absolute atomic E-state index is 11.9. The van der Waals surface area contributed by atoms with Gasteiger partial charge in [-0.2, -0.15) is 0 Å². The van der Waals surface area contributed by atoms with Crippen molar-refractivity contribution in [1.82, 2.24) is 20.4 Å². The Labute approximate surface area is 137 Å². The first-order valence-corrected chi connectivity index (χ1v) is 7.89. The Kier molecular flexibility index (Phi) is 6.37. The fourth-order valence-corrected chi connectivity index (χ4v) is 2.92. The molecule has 0 aromatic carbocycles. The van der Waals surface area contributed by atoms with Gasteiger partial charge in [0.2, 0.25) is 0 Å². The van der Waals surface area contributed by atoms with Crippen LogP contribution in [-0.2, 0) is 9.47 Å². The van der Waals surface area contributed by atoms with E-state index in [0.29, 0.717) is 13.2 Å². The quantitative estimate of drug-likeness (QED) is 0.510. The lowest BCUT2D eigenvalue weighted by atomic mass is 9.95. The number of likely N-dealkylation sites (N-methyl/N-ethyl adjacent to an activating group) is 2. The van der Waals surface area contributed by atoms with E-state index >= 15 is 0 Å². The molecule has 132 valence electrons. The Bertz CT molecular complexity index is 420. The maximum atomic E-state index is 11.9. The molecular weight excluding hydrogens is 300 g/mol. The number of rotatable bonds is 7. The molecule has 2 heterocycles. The molecule has 3 N–H and O–H groups in total. The lowest BCUT2D eigenvalue weighted by Gasteiger charge is -2.42. The standard InChI is InChI=1S/C15H28N4O4/c1-5-6-16-15(21)17-11-10-9-22-14(23-10)12(13(11)20)19(4)8-7-18(2)3/h5,10-14,20H,1,6-9H2,2-4H3,(H2,16,17,21)/t10-,11-,12-,13+,14-/m1/s1. The zero-order chi connectivity index (χ0) is 17.0. The molecular formula is C15H28N4O4. The van der Waals surface area contributed by atoms with Gasteiger partial charge in [0.25, 0.3) is 0 Å². The van der Waals surface area contributed by atoms with Gasteiger partial charge in [-0.15, -0.1) is 6.58 Å². The fraction of sp³-hybridized carbons (Fsp3) is 0.800. The number of fused-ring (bicyclic) bond motifs is 2. The molecule has 0 aromatic rings. The molecule has 2 aliphatic rings. The predicted molar refractivity (Wildman–Crippen MR) is 86.1 cm³/mol. The molecule has 2 fully saturated rings. The minimum Gasteiger partial charge on any atom is -0.389 e. The van der Waals surface area contributed by atoms with Crippen LogP contribution in [0.3, 0.4) is 0 Å². The fourth-order valence-electron chi connectivity index (χ4n) is 2.92. The van der Waals surface area contributed by atoms with E-state index < -0.39 is 18.4 Å².